The largest absolute Gasteiger partial charge is 0.393 e. The predicted octanol–water partition coefficient (Wildman–Crippen LogP) is 0.859. The van der Waals surface area contributed by atoms with Gasteiger partial charge in [-0.05, 0) is 39.2 Å². The van der Waals surface area contributed by atoms with Crippen LogP contribution in [0.4, 0.5) is 11.4 Å². The van der Waals surface area contributed by atoms with Gasteiger partial charge >= 0.3 is 0 Å². The van der Waals surface area contributed by atoms with E-state index in [4.69, 9.17) is 5.73 Å². The van der Waals surface area contributed by atoms with E-state index in [0.29, 0.717) is 12.1 Å². The monoisotopic (exact) mass is 266 g/mol. The van der Waals surface area contributed by atoms with Crippen molar-refractivity contribution in [3.63, 3.8) is 0 Å². The smallest absolute Gasteiger partial charge is 0.292 e. The first-order valence-corrected chi connectivity index (χ1v) is 5.88. The summed E-state index contributed by atoms with van der Waals surface area (Å²) in [5, 5.41) is 13.3. The lowest BCUT2D eigenvalue weighted by molar-refractivity contribution is -0.383. The van der Waals surface area contributed by atoms with Crippen LogP contribution in [0.1, 0.15) is 16.8 Å². The summed E-state index contributed by atoms with van der Waals surface area (Å²) < 4.78 is 0. The molecule has 0 aliphatic carbocycles. The molecule has 7 heteroatoms. The van der Waals surface area contributed by atoms with Crippen LogP contribution < -0.4 is 11.1 Å². The van der Waals surface area contributed by atoms with Crippen molar-refractivity contribution in [1.29, 1.82) is 0 Å². The van der Waals surface area contributed by atoms with Crippen LogP contribution in [0.3, 0.4) is 0 Å². The molecule has 0 saturated heterocycles. The zero-order chi connectivity index (χ0) is 14.4. The van der Waals surface area contributed by atoms with Crippen LogP contribution in [-0.2, 0) is 0 Å². The Morgan fingerprint density at radius 1 is 1.47 bits per heavy atom. The van der Waals surface area contributed by atoms with Crippen LogP contribution in [-0.4, -0.2) is 42.9 Å². The summed E-state index contributed by atoms with van der Waals surface area (Å²) in [5.74, 6) is -0.277. The van der Waals surface area contributed by atoms with Gasteiger partial charge in [-0.2, -0.15) is 0 Å². The van der Waals surface area contributed by atoms with E-state index in [9.17, 15) is 14.9 Å². The fourth-order valence-electron chi connectivity index (χ4n) is 1.56. The Bertz CT molecular complexity index is 474. The molecule has 1 aromatic carbocycles. The van der Waals surface area contributed by atoms with Crippen LogP contribution in [0.15, 0.2) is 18.2 Å². The zero-order valence-corrected chi connectivity index (χ0v) is 11.0. The summed E-state index contributed by atoms with van der Waals surface area (Å²) >= 11 is 0. The summed E-state index contributed by atoms with van der Waals surface area (Å²) in [6.07, 6.45) is 0.835. The highest BCUT2D eigenvalue weighted by molar-refractivity contribution is 5.95. The molecule has 0 aromatic heterocycles. The first-order chi connectivity index (χ1) is 8.91. The normalized spacial score (nSPS) is 10.5. The maximum Gasteiger partial charge on any atom is 0.292 e. The van der Waals surface area contributed by atoms with Crippen molar-refractivity contribution in [2.24, 2.45) is 0 Å². The molecule has 1 aromatic rings. The Kier molecular flexibility index (Phi) is 5.25. The fraction of sp³-hybridized carbons (Fsp3) is 0.417. The van der Waals surface area contributed by atoms with E-state index in [1.165, 1.54) is 18.2 Å². The van der Waals surface area contributed by atoms with Crippen LogP contribution >= 0.6 is 0 Å². The Morgan fingerprint density at radius 2 is 2.16 bits per heavy atom. The standard InChI is InChI=1S/C12H18N4O3/c1-15(2)7-3-6-14-12(17)9-4-5-11(16(18)19)10(13)8-9/h4-5,8H,3,6-7,13H2,1-2H3,(H,14,17). The molecule has 7 nitrogen and oxygen atoms in total. The third-order valence-corrected chi connectivity index (χ3v) is 2.55. The maximum atomic E-state index is 11.8. The quantitative estimate of drug-likeness (QED) is 0.344. The van der Waals surface area contributed by atoms with E-state index in [2.05, 4.69) is 5.32 Å². The number of carbonyl (C=O) groups is 1. The number of benzene rings is 1. The van der Waals surface area contributed by atoms with Gasteiger partial charge in [0.1, 0.15) is 5.69 Å². The molecule has 0 radical (unpaired) electrons. The molecule has 0 heterocycles. The van der Waals surface area contributed by atoms with Gasteiger partial charge < -0.3 is 16.0 Å². The molecular formula is C12H18N4O3. The van der Waals surface area contributed by atoms with Crippen molar-refractivity contribution in [2.45, 2.75) is 6.42 Å². The molecule has 1 rings (SSSR count). The van der Waals surface area contributed by atoms with E-state index in [1.807, 2.05) is 19.0 Å². The molecule has 0 atom stereocenters. The van der Waals surface area contributed by atoms with E-state index in [-0.39, 0.29) is 17.3 Å². The SMILES string of the molecule is CN(C)CCCNC(=O)c1ccc([N+](=O)[O-])c(N)c1. The van der Waals surface area contributed by atoms with Crippen molar-refractivity contribution in [2.75, 3.05) is 32.9 Å². The van der Waals surface area contributed by atoms with Gasteiger partial charge in [0.25, 0.3) is 11.6 Å². The number of amides is 1. The maximum absolute atomic E-state index is 11.8. The van der Waals surface area contributed by atoms with Crippen LogP contribution in [0.2, 0.25) is 0 Å². The number of nitrogen functional groups attached to an aromatic ring is 1. The fourth-order valence-corrected chi connectivity index (χ4v) is 1.56. The molecule has 0 bridgehead atoms. The molecule has 0 aliphatic heterocycles. The average Bonchev–Trinajstić information content (AvgIpc) is 2.33. The number of nitrogens with zero attached hydrogens (tertiary/aromatic N) is 2. The van der Waals surface area contributed by atoms with Gasteiger partial charge in [0.15, 0.2) is 0 Å². The number of rotatable bonds is 6. The van der Waals surface area contributed by atoms with Crippen LogP contribution in [0.5, 0.6) is 0 Å². The van der Waals surface area contributed by atoms with Gasteiger partial charge in [-0.1, -0.05) is 0 Å². The van der Waals surface area contributed by atoms with Gasteiger partial charge in [-0.3, -0.25) is 14.9 Å². The topological polar surface area (TPSA) is 102 Å². The van der Waals surface area contributed by atoms with Crippen LogP contribution in [0, 0.1) is 10.1 Å². The lowest BCUT2D eigenvalue weighted by Crippen LogP contribution is -2.27. The first kappa shape index (κ1) is 14.9. The molecule has 19 heavy (non-hydrogen) atoms. The number of nitro benzene ring substituents is 1. The first-order valence-electron chi connectivity index (χ1n) is 5.88. The van der Waals surface area contributed by atoms with E-state index in [1.54, 1.807) is 0 Å². The Balaban J connectivity index is 2.58. The van der Waals surface area contributed by atoms with Crippen molar-refractivity contribution in [3.05, 3.63) is 33.9 Å². The van der Waals surface area contributed by atoms with Gasteiger partial charge in [0.05, 0.1) is 4.92 Å². The van der Waals surface area contributed by atoms with Gasteiger partial charge in [-0.25, -0.2) is 0 Å². The van der Waals surface area contributed by atoms with E-state index in [0.717, 1.165) is 13.0 Å². The number of nitrogens with two attached hydrogens (primary N) is 1. The van der Waals surface area contributed by atoms with E-state index < -0.39 is 4.92 Å². The lowest BCUT2D eigenvalue weighted by Gasteiger charge is -2.10. The summed E-state index contributed by atoms with van der Waals surface area (Å²) in [5.41, 5.74) is 5.65. The highest BCUT2D eigenvalue weighted by Gasteiger charge is 2.14. The minimum absolute atomic E-state index is 0.00839. The minimum Gasteiger partial charge on any atom is -0.393 e. The molecule has 104 valence electrons. The highest BCUT2D eigenvalue weighted by atomic mass is 16.6. The number of nitro groups is 1. The number of hydrogen-bond acceptors (Lipinski definition) is 5. The molecule has 0 unspecified atom stereocenters. The summed E-state index contributed by atoms with van der Waals surface area (Å²) in [6, 6.07) is 3.96. The molecule has 1 amide bonds. The number of anilines is 1. The van der Waals surface area contributed by atoms with Crippen molar-refractivity contribution in [3.8, 4) is 0 Å². The Hall–Kier alpha value is -2.15. The predicted molar refractivity (Wildman–Crippen MR) is 73.0 cm³/mol. The van der Waals surface area contributed by atoms with Gasteiger partial charge in [0, 0.05) is 18.2 Å². The second-order valence-corrected chi connectivity index (χ2v) is 4.44. The number of carbonyl (C=O) groups excluding carboxylic acids is 1. The lowest BCUT2D eigenvalue weighted by atomic mass is 10.1. The highest BCUT2D eigenvalue weighted by Crippen LogP contribution is 2.21. The summed E-state index contributed by atoms with van der Waals surface area (Å²) in [4.78, 5) is 23.8. The molecule has 3 N–H and O–H groups in total. The minimum atomic E-state index is -0.575. The molecule has 0 saturated carbocycles. The second-order valence-electron chi connectivity index (χ2n) is 4.44. The van der Waals surface area contributed by atoms with Gasteiger partial charge in [0.2, 0.25) is 0 Å². The third kappa shape index (κ3) is 4.55. The van der Waals surface area contributed by atoms with Gasteiger partial charge in [-0.15, -0.1) is 0 Å². The summed E-state index contributed by atoms with van der Waals surface area (Å²) in [6.45, 7) is 1.43. The Labute approximate surface area is 111 Å². The molecule has 0 aliphatic rings. The van der Waals surface area contributed by atoms with Crippen LogP contribution in [0.25, 0.3) is 0 Å². The summed E-state index contributed by atoms with van der Waals surface area (Å²) in [7, 11) is 3.91. The zero-order valence-electron chi connectivity index (χ0n) is 11.0. The Morgan fingerprint density at radius 3 is 2.68 bits per heavy atom. The molecule has 0 fully saturated rings. The van der Waals surface area contributed by atoms with Crippen molar-refractivity contribution >= 4 is 17.3 Å². The second kappa shape index (κ2) is 6.69. The van der Waals surface area contributed by atoms with E-state index >= 15 is 0 Å². The molecular weight excluding hydrogens is 248 g/mol. The van der Waals surface area contributed by atoms with Crippen molar-refractivity contribution in [1.82, 2.24) is 10.2 Å². The third-order valence-electron chi connectivity index (χ3n) is 2.55. The number of hydrogen-bond donors (Lipinski definition) is 2. The number of nitrogens with one attached hydrogen (secondary N) is 1. The van der Waals surface area contributed by atoms with Crippen molar-refractivity contribution < 1.29 is 9.72 Å². The molecule has 0 spiro atoms. The average molecular weight is 266 g/mol.